The summed E-state index contributed by atoms with van der Waals surface area (Å²) in [7, 11) is -0.641. The van der Waals surface area contributed by atoms with Gasteiger partial charge in [-0.15, -0.1) is 11.3 Å². The lowest BCUT2D eigenvalue weighted by molar-refractivity contribution is 0.355. The van der Waals surface area contributed by atoms with Crippen molar-refractivity contribution in [3.05, 3.63) is 32.5 Å². The molecule has 0 spiro atoms. The highest BCUT2D eigenvalue weighted by atomic mass is 79.9. The predicted molar refractivity (Wildman–Crippen MR) is 90.1 cm³/mol. The van der Waals surface area contributed by atoms with Crippen molar-refractivity contribution in [1.29, 1.82) is 0 Å². The fraction of sp³-hybridized carbons (Fsp3) is 0.167. The number of thiophene rings is 1. The molecule has 1 aromatic heterocycles. The zero-order chi connectivity index (χ0) is 15.6. The summed E-state index contributed by atoms with van der Waals surface area (Å²) in [5.41, 5.74) is 0.397. The fourth-order valence-electron chi connectivity index (χ4n) is 1.56. The van der Waals surface area contributed by atoms with Crippen LogP contribution in [0.4, 0.5) is 5.69 Å². The van der Waals surface area contributed by atoms with Crippen molar-refractivity contribution in [1.82, 2.24) is 0 Å². The van der Waals surface area contributed by atoms with Crippen LogP contribution >= 0.6 is 43.2 Å². The summed E-state index contributed by atoms with van der Waals surface area (Å²) >= 11 is 7.67. The molecule has 0 atom stereocenters. The van der Waals surface area contributed by atoms with Crippen LogP contribution in [0.25, 0.3) is 0 Å². The Morgan fingerprint density at radius 3 is 2.29 bits per heavy atom. The van der Waals surface area contributed by atoms with Crippen LogP contribution in [0.15, 0.2) is 36.7 Å². The van der Waals surface area contributed by atoms with E-state index in [1.54, 1.807) is 18.2 Å². The highest BCUT2D eigenvalue weighted by Gasteiger charge is 2.19. The van der Waals surface area contributed by atoms with E-state index in [1.807, 2.05) is 0 Å². The van der Waals surface area contributed by atoms with Gasteiger partial charge >= 0.3 is 0 Å². The van der Waals surface area contributed by atoms with Crippen LogP contribution in [0.5, 0.6) is 11.5 Å². The van der Waals surface area contributed by atoms with Gasteiger partial charge in [-0.2, -0.15) is 0 Å². The van der Waals surface area contributed by atoms with Crippen molar-refractivity contribution in [2.45, 2.75) is 4.21 Å². The van der Waals surface area contributed by atoms with Crippen LogP contribution in [0.3, 0.4) is 0 Å². The number of methoxy groups -OCH3 is 2. The molecule has 0 amide bonds. The molecule has 0 fully saturated rings. The topological polar surface area (TPSA) is 64.6 Å². The second kappa shape index (κ2) is 6.55. The molecule has 9 heteroatoms. The zero-order valence-electron chi connectivity index (χ0n) is 11.0. The lowest BCUT2D eigenvalue weighted by Gasteiger charge is -2.11. The number of rotatable bonds is 5. The number of sulfonamides is 1. The van der Waals surface area contributed by atoms with Gasteiger partial charge in [0.15, 0.2) is 11.5 Å². The maximum atomic E-state index is 12.3. The molecule has 0 aliphatic rings. The van der Waals surface area contributed by atoms with Crippen LogP contribution in [-0.4, -0.2) is 22.6 Å². The summed E-state index contributed by atoms with van der Waals surface area (Å²) < 4.78 is 39.0. The normalized spacial score (nSPS) is 11.2. The molecular formula is C12H11Br2NO4S2. The average molecular weight is 457 g/mol. The number of nitrogens with one attached hydrogen (secondary N) is 1. The van der Waals surface area contributed by atoms with Crippen LogP contribution in [0, 0.1) is 0 Å². The quantitative estimate of drug-likeness (QED) is 0.735. The van der Waals surface area contributed by atoms with E-state index in [4.69, 9.17) is 9.47 Å². The smallest absolute Gasteiger partial charge is 0.271 e. The average Bonchev–Trinajstić information content (AvgIpc) is 2.79. The molecule has 1 N–H and O–H groups in total. The maximum absolute atomic E-state index is 12.3. The van der Waals surface area contributed by atoms with E-state index < -0.39 is 10.0 Å². The molecule has 1 heterocycles. The molecule has 0 aliphatic carbocycles. The van der Waals surface area contributed by atoms with Crippen LogP contribution in [-0.2, 0) is 10.0 Å². The highest BCUT2D eigenvalue weighted by Crippen LogP contribution is 2.36. The van der Waals surface area contributed by atoms with E-state index in [0.717, 1.165) is 15.1 Å². The van der Waals surface area contributed by atoms with Crippen LogP contribution in [0.1, 0.15) is 0 Å². The van der Waals surface area contributed by atoms with Crippen molar-refractivity contribution in [3.63, 3.8) is 0 Å². The van der Waals surface area contributed by atoms with Crippen molar-refractivity contribution in [3.8, 4) is 11.5 Å². The van der Waals surface area contributed by atoms with Crippen molar-refractivity contribution < 1.29 is 17.9 Å². The Morgan fingerprint density at radius 1 is 1.10 bits per heavy atom. The number of halogens is 2. The minimum atomic E-state index is -3.65. The Hall–Kier alpha value is -0.770. The summed E-state index contributed by atoms with van der Waals surface area (Å²) in [4.78, 5) is 0. The Morgan fingerprint density at radius 2 is 1.76 bits per heavy atom. The van der Waals surface area contributed by atoms with Gasteiger partial charge < -0.3 is 9.47 Å². The third-order valence-electron chi connectivity index (χ3n) is 2.52. The molecular weight excluding hydrogens is 446 g/mol. The molecule has 0 unspecified atom stereocenters. The molecule has 2 aromatic rings. The van der Waals surface area contributed by atoms with Crippen LogP contribution < -0.4 is 14.2 Å². The van der Waals surface area contributed by atoms with Gasteiger partial charge in [0.1, 0.15) is 4.21 Å². The fourth-order valence-corrected chi connectivity index (χ4v) is 5.43. The first-order valence-electron chi connectivity index (χ1n) is 5.57. The van der Waals surface area contributed by atoms with Gasteiger partial charge in [0.2, 0.25) is 0 Å². The molecule has 114 valence electrons. The SMILES string of the molecule is COc1ccc(NS(=O)(=O)c2cc(Br)c(Br)s2)cc1OC. The van der Waals surface area contributed by atoms with E-state index in [-0.39, 0.29) is 4.21 Å². The summed E-state index contributed by atoms with van der Waals surface area (Å²) in [6, 6.07) is 6.35. The molecule has 21 heavy (non-hydrogen) atoms. The van der Waals surface area contributed by atoms with Gasteiger partial charge in [-0.05, 0) is 50.1 Å². The predicted octanol–water partition coefficient (Wildman–Crippen LogP) is 4.09. The Bertz CT molecular complexity index is 739. The number of ether oxygens (including phenoxy) is 2. The summed E-state index contributed by atoms with van der Waals surface area (Å²) in [5.74, 6) is 0.980. The minimum Gasteiger partial charge on any atom is -0.493 e. The lowest BCUT2D eigenvalue weighted by Crippen LogP contribution is -2.11. The first kappa shape index (κ1) is 16.6. The molecule has 2 rings (SSSR count). The minimum absolute atomic E-state index is 0.205. The van der Waals surface area contributed by atoms with Gasteiger partial charge in [0.25, 0.3) is 10.0 Å². The van der Waals surface area contributed by atoms with Crippen molar-refractivity contribution in [2.75, 3.05) is 18.9 Å². The molecule has 0 radical (unpaired) electrons. The lowest BCUT2D eigenvalue weighted by atomic mass is 10.3. The number of anilines is 1. The third-order valence-corrected chi connectivity index (χ3v) is 7.63. The summed E-state index contributed by atoms with van der Waals surface area (Å²) in [6.07, 6.45) is 0. The maximum Gasteiger partial charge on any atom is 0.271 e. The highest BCUT2D eigenvalue weighted by molar-refractivity contribution is 9.13. The third kappa shape index (κ3) is 3.71. The van der Waals surface area contributed by atoms with E-state index in [9.17, 15) is 8.42 Å². The number of benzene rings is 1. The standard InChI is InChI=1S/C12H11Br2NO4S2/c1-18-9-4-3-7(5-10(9)19-2)15-21(16,17)11-6-8(13)12(14)20-11/h3-6,15H,1-2H3. The van der Waals surface area contributed by atoms with E-state index in [0.29, 0.717) is 21.7 Å². The molecule has 0 bridgehead atoms. The second-order valence-corrected chi connectivity index (χ2v) is 9.00. The van der Waals surface area contributed by atoms with Gasteiger partial charge in [-0.3, -0.25) is 4.72 Å². The van der Waals surface area contributed by atoms with Crippen LogP contribution in [0.2, 0.25) is 0 Å². The number of hydrogen-bond donors (Lipinski definition) is 1. The molecule has 5 nitrogen and oxygen atoms in total. The molecule has 0 saturated heterocycles. The van der Waals surface area contributed by atoms with E-state index in [1.165, 1.54) is 20.3 Å². The van der Waals surface area contributed by atoms with Crippen molar-refractivity contribution >= 4 is 58.9 Å². The summed E-state index contributed by atoms with van der Waals surface area (Å²) in [5, 5.41) is 0. The van der Waals surface area contributed by atoms with Gasteiger partial charge in [-0.1, -0.05) is 0 Å². The van der Waals surface area contributed by atoms with E-state index in [2.05, 4.69) is 36.6 Å². The van der Waals surface area contributed by atoms with Gasteiger partial charge in [-0.25, -0.2) is 8.42 Å². The Labute approximate surface area is 143 Å². The monoisotopic (exact) mass is 455 g/mol. The Kier molecular flexibility index (Phi) is 5.18. The largest absolute Gasteiger partial charge is 0.493 e. The first-order chi connectivity index (χ1) is 9.87. The molecule has 0 saturated carbocycles. The van der Waals surface area contributed by atoms with Crippen molar-refractivity contribution in [2.24, 2.45) is 0 Å². The first-order valence-corrected chi connectivity index (χ1v) is 9.45. The second-order valence-electron chi connectivity index (χ2n) is 3.86. The van der Waals surface area contributed by atoms with E-state index >= 15 is 0 Å². The van der Waals surface area contributed by atoms with Gasteiger partial charge in [0.05, 0.1) is 23.7 Å². The zero-order valence-corrected chi connectivity index (χ0v) is 15.8. The molecule has 1 aromatic carbocycles. The summed E-state index contributed by atoms with van der Waals surface area (Å²) in [6.45, 7) is 0. The number of hydrogen-bond acceptors (Lipinski definition) is 5. The molecule has 0 aliphatic heterocycles. The van der Waals surface area contributed by atoms with Gasteiger partial charge in [0, 0.05) is 10.5 Å². The Balaban J connectivity index is 2.32.